The van der Waals surface area contributed by atoms with Crippen LogP contribution in [0, 0.1) is 13.8 Å². The van der Waals surface area contributed by atoms with Gasteiger partial charge in [0, 0.05) is 29.7 Å². The second-order valence-corrected chi connectivity index (χ2v) is 9.84. The van der Waals surface area contributed by atoms with Crippen LogP contribution in [-0.4, -0.2) is 31.2 Å². The summed E-state index contributed by atoms with van der Waals surface area (Å²) in [5, 5.41) is 0.808. The summed E-state index contributed by atoms with van der Waals surface area (Å²) < 4.78 is 13.6. The molecule has 0 N–H and O–H groups in total. The Bertz CT molecular complexity index is 1600. The van der Waals surface area contributed by atoms with Crippen LogP contribution in [0.1, 0.15) is 32.0 Å². The van der Waals surface area contributed by atoms with Gasteiger partial charge in [0.15, 0.2) is 5.75 Å². The minimum atomic E-state index is -0.599. The maximum Gasteiger partial charge on any atom is 0.418 e. The molecule has 0 aliphatic carbocycles. The molecule has 4 heterocycles. The molecule has 1 aromatic carbocycles. The van der Waals surface area contributed by atoms with Crippen molar-refractivity contribution in [2.75, 3.05) is 0 Å². The van der Waals surface area contributed by atoms with E-state index in [4.69, 9.17) is 14.5 Å². The Labute approximate surface area is 215 Å². The Kier molecular flexibility index (Phi) is 6.21. The largest absolute Gasteiger partial charge is 0.454 e. The number of carbonyl (C=O) groups is 1. The summed E-state index contributed by atoms with van der Waals surface area (Å²) in [5.41, 5.74) is 5.06. The first kappa shape index (κ1) is 24.2. The van der Waals surface area contributed by atoms with E-state index in [1.54, 1.807) is 18.6 Å². The number of fused-ring (bicyclic) bond motifs is 1. The maximum atomic E-state index is 12.8. The molecule has 0 amide bonds. The smallest absolute Gasteiger partial charge is 0.418 e. The molecule has 5 aromatic rings. The van der Waals surface area contributed by atoms with E-state index in [9.17, 15) is 4.79 Å². The molecule has 0 fully saturated rings. The third-order valence-electron chi connectivity index (χ3n) is 5.89. The number of benzene rings is 1. The summed E-state index contributed by atoms with van der Waals surface area (Å²) in [6, 6.07) is 19.1. The molecule has 0 atom stereocenters. The highest BCUT2D eigenvalue weighted by Gasteiger charge is 2.20. The van der Waals surface area contributed by atoms with Crippen LogP contribution in [0.2, 0.25) is 0 Å². The summed E-state index contributed by atoms with van der Waals surface area (Å²) in [5.74, 6) is 1.24. The van der Waals surface area contributed by atoms with Gasteiger partial charge in [-0.15, -0.1) is 0 Å². The van der Waals surface area contributed by atoms with Gasteiger partial charge < -0.3 is 9.47 Å². The van der Waals surface area contributed by atoms with Gasteiger partial charge >= 0.3 is 6.09 Å². The zero-order valence-electron chi connectivity index (χ0n) is 21.5. The maximum absolute atomic E-state index is 12.8. The number of aryl methyl sites for hydroxylation is 2. The molecule has 0 saturated carbocycles. The number of pyridine rings is 3. The second-order valence-electron chi connectivity index (χ2n) is 9.84. The lowest BCUT2D eigenvalue weighted by Gasteiger charge is -2.20. The lowest BCUT2D eigenvalue weighted by molar-refractivity contribution is 0.0540. The minimum Gasteiger partial charge on any atom is -0.454 e. The molecule has 7 heteroatoms. The van der Waals surface area contributed by atoms with Crippen molar-refractivity contribution in [1.29, 1.82) is 0 Å². The molecule has 7 nitrogen and oxygen atoms in total. The highest BCUT2D eigenvalue weighted by molar-refractivity contribution is 5.90. The molecule has 4 aromatic heterocycles. The van der Waals surface area contributed by atoms with Crippen molar-refractivity contribution in [3.8, 4) is 34.1 Å². The van der Waals surface area contributed by atoms with E-state index < -0.39 is 11.7 Å². The normalized spacial score (nSPS) is 11.5. The number of nitrogens with zero attached hydrogens (tertiary/aromatic N) is 4. The highest BCUT2D eigenvalue weighted by Crippen LogP contribution is 2.36. The van der Waals surface area contributed by atoms with Gasteiger partial charge in [-0.25, -0.2) is 9.78 Å². The molecule has 0 spiro atoms. The van der Waals surface area contributed by atoms with Crippen molar-refractivity contribution >= 4 is 17.0 Å². The predicted octanol–water partition coefficient (Wildman–Crippen LogP) is 7.35. The van der Waals surface area contributed by atoms with E-state index in [2.05, 4.69) is 9.97 Å². The number of aromatic nitrogens is 4. The van der Waals surface area contributed by atoms with Gasteiger partial charge in [0.2, 0.25) is 0 Å². The Balaban J connectivity index is 1.58. The molecule has 0 saturated heterocycles. The van der Waals surface area contributed by atoms with E-state index in [1.165, 1.54) is 4.57 Å². The molecule has 37 heavy (non-hydrogen) atoms. The van der Waals surface area contributed by atoms with E-state index >= 15 is 0 Å². The van der Waals surface area contributed by atoms with Gasteiger partial charge in [0.25, 0.3) is 0 Å². The Hall–Kier alpha value is -4.52. The van der Waals surface area contributed by atoms with Gasteiger partial charge in [-0.3, -0.25) is 14.5 Å². The number of carbonyl (C=O) groups excluding carboxylic acids is 1. The van der Waals surface area contributed by atoms with E-state index in [0.717, 1.165) is 33.4 Å². The predicted molar refractivity (Wildman–Crippen MR) is 144 cm³/mol. The highest BCUT2D eigenvalue weighted by atomic mass is 16.6. The van der Waals surface area contributed by atoms with Crippen molar-refractivity contribution in [3.63, 3.8) is 0 Å². The molecule has 0 aliphatic rings. The average Bonchev–Trinajstić information content (AvgIpc) is 3.36. The first-order chi connectivity index (χ1) is 17.7. The van der Waals surface area contributed by atoms with Crippen LogP contribution >= 0.6 is 0 Å². The number of ether oxygens (including phenoxy) is 2. The Morgan fingerprint density at radius 2 is 1.73 bits per heavy atom. The Morgan fingerprint density at radius 1 is 0.892 bits per heavy atom. The summed E-state index contributed by atoms with van der Waals surface area (Å²) in [6.07, 6.45) is 4.73. The lowest BCUT2D eigenvalue weighted by atomic mass is 10.1. The molecule has 186 valence electrons. The van der Waals surface area contributed by atoms with Crippen molar-refractivity contribution in [3.05, 3.63) is 90.5 Å². The van der Waals surface area contributed by atoms with Crippen LogP contribution < -0.4 is 4.74 Å². The third kappa shape index (κ3) is 5.07. The summed E-state index contributed by atoms with van der Waals surface area (Å²) in [6.45, 7) is 9.52. The summed E-state index contributed by atoms with van der Waals surface area (Å²) in [4.78, 5) is 26.6. The van der Waals surface area contributed by atoms with Gasteiger partial charge in [-0.05, 0) is 94.3 Å². The second kappa shape index (κ2) is 9.50. The fourth-order valence-electron chi connectivity index (χ4n) is 4.02. The molecule has 0 radical (unpaired) electrons. The fourth-order valence-corrected chi connectivity index (χ4v) is 4.02. The van der Waals surface area contributed by atoms with Gasteiger partial charge in [0.1, 0.15) is 17.0 Å². The number of hydrogen-bond acceptors (Lipinski definition) is 6. The first-order valence-electron chi connectivity index (χ1n) is 12.1. The van der Waals surface area contributed by atoms with Crippen LogP contribution in [-0.2, 0) is 4.74 Å². The van der Waals surface area contributed by atoms with Crippen molar-refractivity contribution in [2.45, 2.75) is 40.2 Å². The Morgan fingerprint density at radius 3 is 2.49 bits per heavy atom. The molecular formula is C30H28N4O3. The van der Waals surface area contributed by atoms with Crippen molar-refractivity contribution in [1.82, 2.24) is 19.5 Å². The van der Waals surface area contributed by atoms with Crippen molar-refractivity contribution in [2.24, 2.45) is 0 Å². The fraction of sp³-hybridized carbons (Fsp3) is 0.200. The summed E-state index contributed by atoms with van der Waals surface area (Å²) >= 11 is 0. The van der Waals surface area contributed by atoms with Crippen LogP contribution in [0.4, 0.5) is 4.79 Å². The molecule has 0 bridgehead atoms. The zero-order valence-corrected chi connectivity index (χ0v) is 21.5. The van der Waals surface area contributed by atoms with Gasteiger partial charge in [-0.1, -0.05) is 12.1 Å². The van der Waals surface area contributed by atoms with Crippen LogP contribution in [0.5, 0.6) is 11.5 Å². The van der Waals surface area contributed by atoms with Crippen molar-refractivity contribution < 1.29 is 14.3 Å². The average molecular weight is 493 g/mol. The van der Waals surface area contributed by atoms with Gasteiger partial charge in [0.05, 0.1) is 16.9 Å². The van der Waals surface area contributed by atoms with Crippen LogP contribution in [0.3, 0.4) is 0 Å². The van der Waals surface area contributed by atoms with E-state index in [1.807, 2.05) is 95.3 Å². The summed E-state index contributed by atoms with van der Waals surface area (Å²) in [7, 11) is 0. The molecular weight excluding hydrogens is 464 g/mol. The lowest BCUT2D eigenvalue weighted by Crippen LogP contribution is -2.27. The molecule has 0 aliphatic heterocycles. The standard InChI is InChI=1S/C30H28N4O3/c1-19-17-27(28(33-20(19)2)24-9-6-7-14-31-24)36-26-13-15-32-23-12-11-21(18-22(23)26)25-10-8-16-34(25)29(35)37-30(3,4)5/h6-18H,1-5H3. The van der Waals surface area contributed by atoms with Crippen LogP contribution in [0.15, 0.2) is 79.3 Å². The number of hydrogen-bond donors (Lipinski definition) is 0. The molecule has 5 rings (SSSR count). The zero-order chi connectivity index (χ0) is 26.2. The van der Waals surface area contributed by atoms with Crippen LogP contribution in [0.25, 0.3) is 33.5 Å². The first-order valence-corrected chi connectivity index (χ1v) is 12.1. The van der Waals surface area contributed by atoms with Gasteiger partial charge in [-0.2, -0.15) is 0 Å². The topological polar surface area (TPSA) is 79.1 Å². The van der Waals surface area contributed by atoms with E-state index in [0.29, 0.717) is 22.9 Å². The SMILES string of the molecule is Cc1cc(Oc2ccnc3ccc(-c4cccn4C(=O)OC(C)(C)C)cc23)c(-c2ccccn2)nc1C. The molecule has 0 unspecified atom stereocenters. The quantitative estimate of drug-likeness (QED) is 0.261. The monoisotopic (exact) mass is 492 g/mol. The van der Waals surface area contributed by atoms with E-state index in [-0.39, 0.29) is 0 Å². The number of rotatable bonds is 4. The third-order valence-corrected chi connectivity index (χ3v) is 5.89. The minimum absolute atomic E-state index is 0.434.